The standard InChI is InChI=1S/C14H16BrN3O/c1-8-4-5-13(12(15)6-8)19-14-11(7-16)9(2)10(3)17-18-14/h4-6H,7,16H2,1-3H3. The van der Waals surface area contributed by atoms with Crippen LogP contribution in [0.2, 0.25) is 0 Å². The summed E-state index contributed by atoms with van der Waals surface area (Å²) in [6.07, 6.45) is 0. The van der Waals surface area contributed by atoms with Crippen molar-refractivity contribution in [2.24, 2.45) is 5.73 Å². The van der Waals surface area contributed by atoms with Gasteiger partial charge in [-0.3, -0.25) is 0 Å². The van der Waals surface area contributed by atoms with Crippen molar-refractivity contribution >= 4 is 15.9 Å². The summed E-state index contributed by atoms with van der Waals surface area (Å²) >= 11 is 3.48. The van der Waals surface area contributed by atoms with Crippen molar-refractivity contribution in [2.45, 2.75) is 27.3 Å². The molecule has 0 radical (unpaired) electrons. The van der Waals surface area contributed by atoms with Crippen LogP contribution in [-0.4, -0.2) is 10.2 Å². The number of halogens is 1. The second kappa shape index (κ2) is 5.67. The van der Waals surface area contributed by atoms with Gasteiger partial charge in [0.2, 0.25) is 5.88 Å². The Morgan fingerprint density at radius 1 is 1.21 bits per heavy atom. The first-order chi connectivity index (χ1) is 9.02. The summed E-state index contributed by atoms with van der Waals surface area (Å²) in [6.45, 7) is 6.28. The molecule has 0 saturated heterocycles. The van der Waals surface area contributed by atoms with Gasteiger partial charge in [-0.15, -0.1) is 5.10 Å². The second-order valence-corrected chi connectivity index (χ2v) is 5.29. The van der Waals surface area contributed by atoms with Gasteiger partial charge in [0.25, 0.3) is 0 Å². The number of aromatic nitrogens is 2. The number of hydrogen-bond donors (Lipinski definition) is 1. The number of rotatable bonds is 3. The summed E-state index contributed by atoms with van der Waals surface area (Å²) in [5.74, 6) is 1.17. The highest BCUT2D eigenvalue weighted by Crippen LogP contribution is 2.31. The maximum Gasteiger partial charge on any atom is 0.243 e. The Hall–Kier alpha value is -1.46. The van der Waals surface area contributed by atoms with Gasteiger partial charge in [0.1, 0.15) is 5.75 Å². The quantitative estimate of drug-likeness (QED) is 0.941. The van der Waals surface area contributed by atoms with Gasteiger partial charge in [0.05, 0.1) is 10.2 Å². The third-order valence-corrected chi connectivity index (χ3v) is 3.66. The normalized spacial score (nSPS) is 10.6. The third kappa shape index (κ3) is 2.93. The minimum absolute atomic E-state index is 0.376. The van der Waals surface area contributed by atoms with E-state index in [-0.39, 0.29) is 0 Å². The predicted octanol–water partition coefficient (Wildman–Crippen LogP) is 3.42. The maximum absolute atomic E-state index is 5.82. The molecular weight excluding hydrogens is 306 g/mol. The molecule has 0 bridgehead atoms. The van der Waals surface area contributed by atoms with Crippen LogP contribution in [0, 0.1) is 20.8 Å². The molecule has 0 amide bonds. The fraction of sp³-hybridized carbons (Fsp3) is 0.286. The van der Waals surface area contributed by atoms with E-state index >= 15 is 0 Å². The fourth-order valence-electron chi connectivity index (χ4n) is 1.75. The molecule has 5 heteroatoms. The Balaban J connectivity index is 2.41. The molecule has 0 fully saturated rings. The molecule has 2 N–H and O–H groups in total. The van der Waals surface area contributed by atoms with Gasteiger partial charge in [-0.2, -0.15) is 5.10 Å². The minimum Gasteiger partial charge on any atom is -0.436 e. The molecule has 1 heterocycles. The van der Waals surface area contributed by atoms with E-state index in [4.69, 9.17) is 10.5 Å². The molecule has 0 unspecified atom stereocenters. The predicted molar refractivity (Wildman–Crippen MR) is 78.4 cm³/mol. The Kier molecular flexibility index (Phi) is 4.17. The van der Waals surface area contributed by atoms with Crippen LogP contribution in [0.4, 0.5) is 0 Å². The van der Waals surface area contributed by atoms with E-state index in [1.807, 2.05) is 39.0 Å². The maximum atomic E-state index is 5.82. The molecule has 0 aliphatic carbocycles. The van der Waals surface area contributed by atoms with Crippen LogP contribution in [0.15, 0.2) is 22.7 Å². The number of benzene rings is 1. The van der Waals surface area contributed by atoms with Gasteiger partial charge in [0, 0.05) is 12.1 Å². The van der Waals surface area contributed by atoms with Crippen LogP contribution in [0.5, 0.6) is 11.6 Å². The lowest BCUT2D eigenvalue weighted by Gasteiger charge is -2.13. The second-order valence-electron chi connectivity index (χ2n) is 4.43. The molecule has 100 valence electrons. The van der Waals surface area contributed by atoms with E-state index in [1.165, 1.54) is 0 Å². The average Bonchev–Trinajstić information content (AvgIpc) is 2.37. The van der Waals surface area contributed by atoms with Gasteiger partial charge in [0.15, 0.2) is 0 Å². The van der Waals surface area contributed by atoms with E-state index < -0.39 is 0 Å². The summed E-state index contributed by atoms with van der Waals surface area (Å²) < 4.78 is 6.71. The van der Waals surface area contributed by atoms with Crippen molar-refractivity contribution in [1.82, 2.24) is 10.2 Å². The topological polar surface area (TPSA) is 61.0 Å². The lowest BCUT2D eigenvalue weighted by molar-refractivity contribution is 0.444. The summed E-state index contributed by atoms with van der Waals surface area (Å²) in [5.41, 5.74) is 9.72. The first kappa shape index (κ1) is 14.0. The van der Waals surface area contributed by atoms with Gasteiger partial charge in [-0.25, -0.2) is 0 Å². The van der Waals surface area contributed by atoms with Crippen LogP contribution in [0.25, 0.3) is 0 Å². The molecule has 0 atom stereocenters. The van der Waals surface area contributed by atoms with Crippen LogP contribution < -0.4 is 10.5 Å². The average molecular weight is 322 g/mol. The molecule has 1 aromatic heterocycles. The molecule has 0 saturated carbocycles. The first-order valence-electron chi connectivity index (χ1n) is 5.99. The largest absolute Gasteiger partial charge is 0.436 e. The number of ether oxygens (including phenoxy) is 1. The van der Waals surface area contributed by atoms with Gasteiger partial charge >= 0.3 is 0 Å². The zero-order valence-corrected chi connectivity index (χ0v) is 12.8. The third-order valence-electron chi connectivity index (χ3n) is 3.04. The Bertz CT molecular complexity index is 614. The van der Waals surface area contributed by atoms with E-state index in [0.29, 0.717) is 18.2 Å². The van der Waals surface area contributed by atoms with Gasteiger partial charge in [-0.1, -0.05) is 6.07 Å². The molecule has 1 aromatic carbocycles. The number of nitrogens with two attached hydrogens (primary N) is 1. The summed E-state index contributed by atoms with van der Waals surface area (Å²) in [7, 11) is 0. The lowest BCUT2D eigenvalue weighted by Crippen LogP contribution is -2.07. The fourth-order valence-corrected chi connectivity index (χ4v) is 2.32. The first-order valence-corrected chi connectivity index (χ1v) is 6.79. The van der Waals surface area contributed by atoms with Crippen molar-refractivity contribution in [1.29, 1.82) is 0 Å². The van der Waals surface area contributed by atoms with Crippen LogP contribution in [0.3, 0.4) is 0 Å². The number of aryl methyl sites for hydroxylation is 2. The van der Waals surface area contributed by atoms with Gasteiger partial charge in [-0.05, 0) is 60.0 Å². The Morgan fingerprint density at radius 3 is 2.58 bits per heavy atom. The Labute approximate surface area is 121 Å². The van der Waals surface area contributed by atoms with Crippen molar-refractivity contribution in [2.75, 3.05) is 0 Å². The van der Waals surface area contributed by atoms with Crippen molar-refractivity contribution in [3.63, 3.8) is 0 Å². The van der Waals surface area contributed by atoms with E-state index in [9.17, 15) is 0 Å². The molecule has 2 rings (SSSR count). The molecule has 0 aliphatic rings. The zero-order valence-electron chi connectivity index (χ0n) is 11.2. The number of hydrogen-bond acceptors (Lipinski definition) is 4. The van der Waals surface area contributed by atoms with Gasteiger partial charge < -0.3 is 10.5 Å². The molecule has 0 spiro atoms. The number of nitrogens with zero attached hydrogens (tertiary/aromatic N) is 2. The minimum atomic E-state index is 0.376. The molecule has 19 heavy (non-hydrogen) atoms. The smallest absolute Gasteiger partial charge is 0.243 e. The molecular formula is C14H16BrN3O. The van der Waals surface area contributed by atoms with E-state index in [1.54, 1.807) is 0 Å². The summed E-state index contributed by atoms with van der Waals surface area (Å²) in [6, 6.07) is 5.87. The van der Waals surface area contributed by atoms with Crippen molar-refractivity contribution in [3.8, 4) is 11.6 Å². The molecule has 0 aliphatic heterocycles. The highest BCUT2D eigenvalue weighted by Gasteiger charge is 2.13. The zero-order chi connectivity index (χ0) is 14.0. The van der Waals surface area contributed by atoms with Crippen LogP contribution >= 0.6 is 15.9 Å². The monoisotopic (exact) mass is 321 g/mol. The molecule has 4 nitrogen and oxygen atoms in total. The van der Waals surface area contributed by atoms with Crippen LogP contribution in [0.1, 0.15) is 22.4 Å². The summed E-state index contributed by atoms with van der Waals surface area (Å²) in [4.78, 5) is 0. The van der Waals surface area contributed by atoms with E-state index in [0.717, 1.165) is 26.9 Å². The summed E-state index contributed by atoms with van der Waals surface area (Å²) in [5, 5.41) is 8.18. The highest BCUT2D eigenvalue weighted by atomic mass is 79.9. The van der Waals surface area contributed by atoms with Crippen molar-refractivity contribution < 1.29 is 4.74 Å². The molecule has 2 aromatic rings. The Morgan fingerprint density at radius 2 is 1.95 bits per heavy atom. The SMILES string of the molecule is Cc1ccc(Oc2nnc(C)c(C)c2CN)c(Br)c1. The lowest BCUT2D eigenvalue weighted by atomic mass is 10.1. The van der Waals surface area contributed by atoms with Crippen LogP contribution in [-0.2, 0) is 6.54 Å². The van der Waals surface area contributed by atoms with E-state index in [2.05, 4.69) is 26.1 Å². The highest BCUT2D eigenvalue weighted by molar-refractivity contribution is 9.10. The van der Waals surface area contributed by atoms with Crippen molar-refractivity contribution in [3.05, 3.63) is 45.1 Å².